The highest BCUT2D eigenvalue weighted by Gasteiger charge is 2.16. The molecule has 4 aromatic carbocycles. The molecule has 0 fully saturated rings. The summed E-state index contributed by atoms with van der Waals surface area (Å²) in [6.07, 6.45) is 4.08. The molecule has 0 aliphatic carbocycles. The van der Waals surface area contributed by atoms with Crippen LogP contribution in [-0.4, -0.2) is 14.7 Å². The summed E-state index contributed by atoms with van der Waals surface area (Å²) in [6.45, 7) is 0.512. The van der Waals surface area contributed by atoms with Gasteiger partial charge in [-0.1, -0.05) is 97.1 Å². The van der Waals surface area contributed by atoms with E-state index in [-0.39, 0.29) is 5.88 Å². The third-order valence-electron chi connectivity index (χ3n) is 6.12. The fourth-order valence-corrected chi connectivity index (χ4v) is 4.44. The van der Waals surface area contributed by atoms with Gasteiger partial charge in [0.1, 0.15) is 5.69 Å². The monoisotopic (exact) mass is 454 g/mol. The van der Waals surface area contributed by atoms with E-state index < -0.39 is 0 Å². The zero-order chi connectivity index (χ0) is 23.6. The molecule has 5 heteroatoms. The minimum Gasteiger partial charge on any atom is -0.493 e. The molecule has 0 amide bonds. The molecule has 0 unspecified atom stereocenters. The zero-order valence-corrected chi connectivity index (χ0v) is 18.9. The molecule has 0 spiro atoms. The van der Waals surface area contributed by atoms with Crippen LogP contribution in [0.3, 0.4) is 0 Å². The Morgan fingerprint density at radius 3 is 1.94 bits per heavy atom. The van der Waals surface area contributed by atoms with E-state index in [0.29, 0.717) is 12.2 Å². The standard InChI is InChI=1S/C30H22N4O/c35-30-29(24-16-6-9-19-27(24)34(30)20-10-13-21-11-2-1-3-12-21)33-32-28-22-14-4-7-17-25(22)31-26-18-8-5-15-23(26)28/h1-19,35H,20H2/b13-10+,33-32?. The van der Waals surface area contributed by atoms with Crippen molar-refractivity contribution in [1.82, 2.24) is 9.55 Å². The molecule has 168 valence electrons. The third-order valence-corrected chi connectivity index (χ3v) is 6.12. The maximum Gasteiger partial charge on any atom is 0.221 e. The van der Waals surface area contributed by atoms with Crippen LogP contribution in [0.5, 0.6) is 5.88 Å². The number of rotatable bonds is 5. The first-order chi connectivity index (χ1) is 17.3. The number of azo groups is 1. The minimum atomic E-state index is 0.0929. The molecular formula is C30H22N4O. The molecule has 0 saturated heterocycles. The molecular weight excluding hydrogens is 432 g/mol. The Bertz CT molecular complexity index is 1680. The van der Waals surface area contributed by atoms with E-state index in [1.807, 2.05) is 120 Å². The number of para-hydroxylation sites is 3. The predicted molar refractivity (Wildman–Crippen MR) is 143 cm³/mol. The van der Waals surface area contributed by atoms with Crippen molar-refractivity contribution >= 4 is 50.2 Å². The summed E-state index contributed by atoms with van der Waals surface area (Å²) in [5.74, 6) is 0.0929. The number of pyridine rings is 1. The number of benzene rings is 4. The van der Waals surface area contributed by atoms with Crippen LogP contribution in [0.1, 0.15) is 5.56 Å². The lowest BCUT2D eigenvalue weighted by atomic mass is 10.1. The van der Waals surface area contributed by atoms with Crippen molar-refractivity contribution in [3.63, 3.8) is 0 Å². The van der Waals surface area contributed by atoms with Crippen LogP contribution in [0, 0.1) is 0 Å². The molecule has 6 aromatic rings. The summed E-state index contributed by atoms with van der Waals surface area (Å²) in [4.78, 5) is 4.76. The SMILES string of the molecule is Oc1c(N=Nc2c3ccccc3nc3ccccc23)c2ccccc2n1C/C=C/c1ccccc1. The Morgan fingerprint density at radius 2 is 1.23 bits per heavy atom. The number of hydrogen-bond donors (Lipinski definition) is 1. The lowest BCUT2D eigenvalue weighted by molar-refractivity contribution is 0.431. The van der Waals surface area contributed by atoms with Gasteiger partial charge in [-0.3, -0.25) is 0 Å². The highest BCUT2D eigenvalue weighted by molar-refractivity contribution is 6.06. The summed E-state index contributed by atoms with van der Waals surface area (Å²) < 4.78 is 1.85. The van der Waals surface area contributed by atoms with Gasteiger partial charge in [0.2, 0.25) is 5.88 Å². The molecule has 0 saturated carbocycles. The number of aromatic nitrogens is 2. The van der Waals surface area contributed by atoms with Gasteiger partial charge in [0.05, 0.1) is 16.6 Å². The van der Waals surface area contributed by atoms with Gasteiger partial charge in [0.15, 0.2) is 5.69 Å². The second-order valence-corrected chi connectivity index (χ2v) is 8.31. The van der Waals surface area contributed by atoms with Crippen molar-refractivity contribution in [2.75, 3.05) is 0 Å². The molecule has 5 nitrogen and oxygen atoms in total. The van der Waals surface area contributed by atoms with Crippen LogP contribution >= 0.6 is 0 Å². The van der Waals surface area contributed by atoms with Crippen molar-refractivity contribution in [1.29, 1.82) is 0 Å². The molecule has 0 radical (unpaired) electrons. The van der Waals surface area contributed by atoms with Gasteiger partial charge in [-0.05, 0) is 23.8 Å². The second kappa shape index (κ2) is 8.88. The van der Waals surface area contributed by atoms with Crippen LogP contribution in [0.2, 0.25) is 0 Å². The van der Waals surface area contributed by atoms with Gasteiger partial charge >= 0.3 is 0 Å². The summed E-state index contributed by atoms with van der Waals surface area (Å²) in [5.41, 5.74) is 4.93. The van der Waals surface area contributed by atoms with Gasteiger partial charge in [-0.2, -0.15) is 0 Å². The zero-order valence-electron chi connectivity index (χ0n) is 18.9. The Kier molecular flexibility index (Phi) is 5.28. The summed E-state index contributed by atoms with van der Waals surface area (Å²) in [5, 5.41) is 23.1. The molecule has 0 atom stereocenters. The molecule has 1 N–H and O–H groups in total. The van der Waals surface area contributed by atoms with Gasteiger partial charge in [-0.25, -0.2) is 4.98 Å². The molecule has 0 aliphatic heterocycles. The fourth-order valence-electron chi connectivity index (χ4n) is 4.44. The first-order valence-electron chi connectivity index (χ1n) is 11.5. The highest BCUT2D eigenvalue weighted by atomic mass is 16.3. The number of fused-ring (bicyclic) bond motifs is 3. The number of allylic oxidation sites excluding steroid dienone is 1. The van der Waals surface area contributed by atoms with Crippen molar-refractivity contribution < 1.29 is 5.11 Å². The number of hydrogen-bond acceptors (Lipinski definition) is 4. The van der Waals surface area contributed by atoms with E-state index in [1.165, 1.54) is 0 Å². The van der Waals surface area contributed by atoms with Crippen molar-refractivity contribution in [2.45, 2.75) is 6.54 Å². The molecule has 0 aliphatic rings. The van der Waals surface area contributed by atoms with E-state index in [1.54, 1.807) is 0 Å². The maximum atomic E-state index is 11.2. The highest BCUT2D eigenvalue weighted by Crippen LogP contribution is 2.41. The second-order valence-electron chi connectivity index (χ2n) is 8.31. The van der Waals surface area contributed by atoms with E-state index in [2.05, 4.69) is 10.2 Å². The predicted octanol–water partition coefficient (Wildman–Crippen LogP) is 8.18. The maximum absolute atomic E-state index is 11.2. The smallest absolute Gasteiger partial charge is 0.221 e. The molecule has 6 rings (SSSR count). The number of aromatic hydroxyl groups is 1. The van der Waals surface area contributed by atoms with E-state index in [9.17, 15) is 5.11 Å². The fraction of sp³-hybridized carbons (Fsp3) is 0.0333. The van der Waals surface area contributed by atoms with Gasteiger partial charge < -0.3 is 9.67 Å². The molecule has 35 heavy (non-hydrogen) atoms. The molecule has 0 bridgehead atoms. The third kappa shape index (κ3) is 3.83. The summed E-state index contributed by atoms with van der Waals surface area (Å²) >= 11 is 0. The number of nitrogens with zero attached hydrogens (tertiary/aromatic N) is 4. The van der Waals surface area contributed by atoms with E-state index in [4.69, 9.17) is 4.98 Å². The van der Waals surface area contributed by atoms with Gasteiger partial charge in [-0.15, -0.1) is 10.2 Å². The Balaban J connectivity index is 1.46. The Labute approximate surface area is 202 Å². The van der Waals surface area contributed by atoms with Gasteiger partial charge in [0, 0.05) is 22.7 Å². The average molecular weight is 455 g/mol. The largest absolute Gasteiger partial charge is 0.493 e. The van der Waals surface area contributed by atoms with E-state index in [0.717, 1.165) is 44.0 Å². The summed E-state index contributed by atoms with van der Waals surface area (Å²) in [7, 11) is 0. The van der Waals surface area contributed by atoms with Crippen LogP contribution in [-0.2, 0) is 6.54 Å². The lowest BCUT2D eigenvalue weighted by Gasteiger charge is -2.06. The first kappa shape index (κ1) is 20.8. The normalized spacial score (nSPS) is 12.0. The van der Waals surface area contributed by atoms with Crippen LogP contribution in [0.15, 0.2) is 119 Å². The molecule has 2 heterocycles. The average Bonchev–Trinajstić information content (AvgIpc) is 3.17. The molecule has 2 aromatic heterocycles. The van der Waals surface area contributed by atoms with Crippen LogP contribution in [0.25, 0.3) is 38.8 Å². The van der Waals surface area contributed by atoms with Gasteiger partial charge in [0.25, 0.3) is 0 Å². The van der Waals surface area contributed by atoms with E-state index >= 15 is 0 Å². The Hall–Kier alpha value is -4.77. The van der Waals surface area contributed by atoms with Crippen LogP contribution < -0.4 is 0 Å². The van der Waals surface area contributed by atoms with Crippen molar-refractivity contribution in [3.8, 4) is 5.88 Å². The van der Waals surface area contributed by atoms with Crippen molar-refractivity contribution in [2.24, 2.45) is 10.2 Å². The Morgan fingerprint density at radius 1 is 0.657 bits per heavy atom. The topological polar surface area (TPSA) is 62.8 Å². The first-order valence-corrected chi connectivity index (χ1v) is 11.5. The lowest BCUT2D eigenvalue weighted by Crippen LogP contribution is -1.93. The summed E-state index contributed by atoms with van der Waals surface area (Å²) in [6, 6.07) is 33.8. The van der Waals surface area contributed by atoms with Crippen molar-refractivity contribution in [3.05, 3.63) is 115 Å². The minimum absolute atomic E-state index is 0.0929. The quantitative estimate of drug-likeness (QED) is 0.211. The van der Waals surface area contributed by atoms with Crippen LogP contribution in [0.4, 0.5) is 11.4 Å².